The van der Waals surface area contributed by atoms with Gasteiger partial charge in [-0.1, -0.05) is 54.8 Å². The Morgan fingerprint density at radius 3 is 2.56 bits per heavy atom. The zero-order chi connectivity index (χ0) is 23.3. The molecule has 0 saturated heterocycles. The smallest absolute Gasteiger partial charge is 0.357 e. The maximum Gasteiger partial charge on any atom is 0.357 e. The van der Waals surface area contributed by atoms with Gasteiger partial charge in [0.15, 0.2) is 5.79 Å². The number of benzene rings is 1. The fraction of sp³-hybridized carbons (Fsp3) is 0.364. The van der Waals surface area contributed by atoms with Crippen molar-refractivity contribution in [2.24, 2.45) is 0 Å². The van der Waals surface area contributed by atoms with Gasteiger partial charge in [0.1, 0.15) is 11.7 Å². The molecule has 32 heavy (non-hydrogen) atoms. The Labute approximate surface area is 191 Å². The molecule has 1 aliphatic heterocycles. The number of nitrogens with zero attached hydrogens (tertiary/aromatic N) is 4. The lowest BCUT2D eigenvalue weighted by molar-refractivity contribution is -0.441. The lowest BCUT2D eigenvalue weighted by Crippen LogP contribution is -2.70. The zero-order valence-corrected chi connectivity index (χ0v) is 19.0. The number of aromatic nitrogens is 1. The van der Waals surface area contributed by atoms with Crippen LogP contribution in [0.4, 0.5) is 0 Å². The van der Waals surface area contributed by atoms with Crippen LogP contribution in [0.3, 0.4) is 0 Å². The number of hydroxylamine groups is 2. The third-order valence-electron chi connectivity index (χ3n) is 5.53. The van der Waals surface area contributed by atoms with Crippen LogP contribution in [0.25, 0.3) is 0 Å². The third kappa shape index (κ3) is 4.74. The van der Waals surface area contributed by atoms with Crippen LogP contribution in [0.15, 0.2) is 60.1 Å². The number of halogens is 1. The number of pyridine rings is 1. The number of nitro groups is 1. The van der Waals surface area contributed by atoms with E-state index in [4.69, 9.17) is 16.4 Å². The van der Waals surface area contributed by atoms with Gasteiger partial charge >= 0.3 is 5.97 Å². The molecule has 0 radical (unpaired) electrons. The van der Waals surface area contributed by atoms with E-state index in [-0.39, 0.29) is 18.7 Å². The summed E-state index contributed by atoms with van der Waals surface area (Å²) in [6.07, 6.45) is 2.38. The van der Waals surface area contributed by atoms with E-state index in [0.29, 0.717) is 29.4 Å². The van der Waals surface area contributed by atoms with Crippen LogP contribution in [-0.4, -0.2) is 51.8 Å². The molecule has 9 nitrogen and oxygen atoms in total. The highest BCUT2D eigenvalue weighted by Crippen LogP contribution is 2.34. The number of rotatable bonds is 8. The van der Waals surface area contributed by atoms with E-state index in [0.717, 1.165) is 5.56 Å². The minimum absolute atomic E-state index is 0.0507. The Bertz CT molecular complexity index is 999. The largest absolute Gasteiger partial charge is 0.360 e. The predicted octanol–water partition coefficient (Wildman–Crippen LogP) is 3.46. The van der Waals surface area contributed by atoms with Crippen molar-refractivity contribution in [3.8, 4) is 0 Å². The highest BCUT2D eigenvalue weighted by molar-refractivity contribution is 6.29. The summed E-state index contributed by atoms with van der Waals surface area (Å²) in [5.74, 6) is -1.55. The van der Waals surface area contributed by atoms with Gasteiger partial charge in [-0.2, -0.15) is 0 Å². The van der Waals surface area contributed by atoms with Crippen molar-refractivity contribution in [2.75, 3.05) is 20.1 Å². The maximum atomic E-state index is 12.8. The highest BCUT2D eigenvalue weighted by atomic mass is 35.5. The summed E-state index contributed by atoms with van der Waals surface area (Å²) in [7, 11) is 1.76. The van der Waals surface area contributed by atoms with Crippen molar-refractivity contribution in [3.63, 3.8) is 0 Å². The monoisotopic (exact) mass is 459 g/mol. The quantitative estimate of drug-likeness (QED) is 0.364. The molecule has 0 aliphatic carbocycles. The number of nitrogens with one attached hydrogen (secondary N) is 1. The van der Waals surface area contributed by atoms with E-state index in [9.17, 15) is 14.9 Å². The molecule has 1 unspecified atom stereocenters. The molecule has 1 N–H and O–H groups in total. The summed E-state index contributed by atoms with van der Waals surface area (Å²) in [4.78, 5) is 36.0. The molecular formula is C22H26ClN5O4. The molecule has 170 valence electrons. The number of hydrogen-bond acceptors (Lipinski definition) is 8. The molecule has 10 heteroatoms. The average Bonchev–Trinajstić information content (AvgIpc) is 2.79. The van der Waals surface area contributed by atoms with Crippen molar-refractivity contribution in [2.45, 2.75) is 32.5 Å². The molecule has 1 aliphatic rings. The van der Waals surface area contributed by atoms with E-state index in [2.05, 4.69) is 10.3 Å². The number of hydrogen-bond donors (Lipinski definition) is 1. The Kier molecular flexibility index (Phi) is 7.44. The molecule has 1 aromatic heterocycles. The fourth-order valence-corrected chi connectivity index (χ4v) is 4.01. The second kappa shape index (κ2) is 10.1. The molecule has 1 atom stereocenters. The maximum absolute atomic E-state index is 12.8. The number of likely N-dealkylation sites (N-methyl/N-ethyl adjacent to an activating group) is 1. The zero-order valence-electron chi connectivity index (χ0n) is 18.2. The lowest BCUT2D eigenvalue weighted by atomic mass is 10.0. The minimum Gasteiger partial charge on any atom is -0.360 e. The van der Waals surface area contributed by atoms with E-state index >= 15 is 0 Å². The third-order valence-corrected chi connectivity index (χ3v) is 5.76. The van der Waals surface area contributed by atoms with Crippen LogP contribution in [0.2, 0.25) is 5.15 Å². The van der Waals surface area contributed by atoms with Crippen molar-refractivity contribution in [1.82, 2.24) is 20.3 Å². The van der Waals surface area contributed by atoms with Crippen LogP contribution in [-0.2, 0) is 11.3 Å². The second-order valence-electron chi connectivity index (χ2n) is 7.36. The van der Waals surface area contributed by atoms with E-state index in [1.807, 2.05) is 13.8 Å². The molecule has 2 heterocycles. The molecule has 0 fully saturated rings. The summed E-state index contributed by atoms with van der Waals surface area (Å²) in [5.41, 5.74) is 1.60. The molecule has 0 bridgehead atoms. The Hall–Kier alpha value is -3.01. The van der Waals surface area contributed by atoms with Crippen LogP contribution >= 0.6 is 11.6 Å². The van der Waals surface area contributed by atoms with Gasteiger partial charge in [0, 0.05) is 19.7 Å². The molecule has 0 spiro atoms. The summed E-state index contributed by atoms with van der Waals surface area (Å²) >= 11 is 5.88. The van der Waals surface area contributed by atoms with Gasteiger partial charge in [0.2, 0.25) is 0 Å². The Morgan fingerprint density at radius 2 is 2.00 bits per heavy atom. The first-order valence-corrected chi connectivity index (χ1v) is 10.7. The number of allylic oxidation sites excluding steroid dienone is 1. The van der Waals surface area contributed by atoms with E-state index in [1.165, 1.54) is 5.06 Å². The normalized spacial score (nSPS) is 19.2. The van der Waals surface area contributed by atoms with Crippen molar-refractivity contribution < 1.29 is 14.6 Å². The van der Waals surface area contributed by atoms with Crippen LogP contribution in [0.1, 0.15) is 36.2 Å². The van der Waals surface area contributed by atoms with Crippen LogP contribution in [0, 0.1) is 10.1 Å². The minimum atomic E-state index is -0.964. The lowest BCUT2D eigenvalue weighted by Gasteiger charge is -2.51. The van der Waals surface area contributed by atoms with Crippen molar-refractivity contribution in [3.05, 3.63) is 86.4 Å². The standard InChI is InChI=1S/C22H26ClN5O4/c1-4-22(25-5-2)26(3)18(13-16-11-12-20(23)24-14-16)19(28(30)31)15-27(22)32-21(29)17-9-7-6-8-10-17/h6-12,14,25H,4-5,13,15H2,1-3H3. The van der Waals surface area contributed by atoms with Crippen molar-refractivity contribution in [1.29, 1.82) is 0 Å². The number of carbonyl (C=O) groups is 1. The molecular weight excluding hydrogens is 434 g/mol. The predicted molar refractivity (Wildman–Crippen MR) is 120 cm³/mol. The summed E-state index contributed by atoms with van der Waals surface area (Å²) in [6, 6.07) is 12.0. The van der Waals surface area contributed by atoms with Crippen LogP contribution < -0.4 is 5.32 Å². The first kappa shape index (κ1) is 23.6. The SMILES string of the molecule is CCNC1(CC)N(OC(=O)c2ccccc2)CC([N+](=O)[O-])=C(Cc2ccc(Cl)nc2)N1C. The summed E-state index contributed by atoms with van der Waals surface area (Å²) in [6.45, 7) is 4.24. The van der Waals surface area contributed by atoms with Gasteiger partial charge < -0.3 is 9.74 Å². The molecule has 0 saturated carbocycles. The van der Waals surface area contributed by atoms with Gasteiger partial charge in [-0.25, -0.2) is 9.78 Å². The van der Waals surface area contributed by atoms with Gasteiger partial charge in [-0.05, 0) is 36.7 Å². The van der Waals surface area contributed by atoms with Gasteiger partial charge in [-0.15, -0.1) is 0 Å². The Balaban J connectivity index is 2.02. The van der Waals surface area contributed by atoms with Gasteiger partial charge in [0.25, 0.3) is 5.70 Å². The van der Waals surface area contributed by atoms with Crippen molar-refractivity contribution >= 4 is 17.6 Å². The fourth-order valence-electron chi connectivity index (χ4n) is 3.89. The first-order valence-electron chi connectivity index (χ1n) is 10.3. The highest BCUT2D eigenvalue weighted by Gasteiger charge is 2.50. The number of carbonyl (C=O) groups excluding carboxylic acids is 1. The summed E-state index contributed by atoms with van der Waals surface area (Å²) in [5, 5.41) is 17.1. The first-order chi connectivity index (χ1) is 15.3. The van der Waals surface area contributed by atoms with Crippen LogP contribution in [0.5, 0.6) is 0 Å². The van der Waals surface area contributed by atoms with Gasteiger partial charge in [-0.3, -0.25) is 15.4 Å². The second-order valence-corrected chi connectivity index (χ2v) is 7.74. The summed E-state index contributed by atoms with van der Waals surface area (Å²) < 4.78 is 0. The average molecular weight is 460 g/mol. The molecule has 3 rings (SSSR count). The molecule has 0 amide bonds. The van der Waals surface area contributed by atoms with E-state index in [1.54, 1.807) is 60.6 Å². The molecule has 1 aromatic carbocycles. The Morgan fingerprint density at radius 1 is 1.28 bits per heavy atom. The molecule has 2 aromatic rings. The van der Waals surface area contributed by atoms with E-state index < -0.39 is 16.7 Å². The van der Waals surface area contributed by atoms with Gasteiger partial charge in [0.05, 0.1) is 16.2 Å². The topological polar surface area (TPSA) is 101 Å².